The Morgan fingerprint density at radius 2 is 1.96 bits per heavy atom. The van der Waals surface area contributed by atoms with Gasteiger partial charge in [0.1, 0.15) is 0 Å². The number of hydrazone groups is 1. The number of nitrogens with one attached hydrogen (secondary N) is 1. The molecule has 1 N–H and O–H groups in total. The summed E-state index contributed by atoms with van der Waals surface area (Å²) in [6.07, 6.45) is 4.92. The fourth-order valence-electron chi connectivity index (χ4n) is 2.29. The van der Waals surface area contributed by atoms with E-state index in [9.17, 15) is 4.79 Å². The van der Waals surface area contributed by atoms with E-state index in [1.54, 1.807) is 13.3 Å². The fraction of sp³-hybridized carbons (Fsp3) is 0.333. The molecule has 0 atom stereocenters. The number of ether oxygens (including phenoxy) is 2. The maximum atomic E-state index is 11.9. The van der Waals surface area contributed by atoms with Gasteiger partial charge in [-0.15, -0.1) is 11.8 Å². The average molecular weight is 387 g/mol. The molecular formula is C21H26N2O3S. The number of hydrogen-bond acceptors (Lipinski definition) is 5. The first-order valence-corrected chi connectivity index (χ1v) is 10.0. The molecule has 5 nitrogen and oxygen atoms in total. The van der Waals surface area contributed by atoms with Gasteiger partial charge in [0, 0.05) is 4.90 Å². The topological polar surface area (TPSA) is 59.9 Å². The Hall–Kier alpha value is -2.47. The van der Waals surface area contributed by atoms with E-state index in [0.717, 1.165) is 29.7 Å². The van der Waals surface area contributed by atoms with Crippen LogP contribution in [0.1, 0.15) is 31.7 Å². The Bertz CT molecular complexity index is 735. The van der Waals surface area contributed by atoms with Gasteiger partial charge in [0.2, 0.25) is 5.91 Å². The quantitative estimate of drug-likeness (QED) is 0.267. The van der Waals surface area contributed by atoms with Crippen LogP contribution in [0.15, 0.2) is 58.5 Å². The molecular weight excluding hydrogens is 360 g/mol. The Morgan fingerprint density at radius 1 is 1.15 bits per heavy atom. The van der Waals surface area contributed by atoms with Crippen molar-refractivity contribution in [1.29, 1.82) is 0 Å². The minimum Gasteiger partial charge on any atom is -0.493 e. The van der Waals surface area contributed by atoms with E-state index < -0.39 is 0 Å². The van der Waals surface area contributed by atoms with E-state index in [0.29, 0.717) is 23.9 Å². The van der Waals surface area contributed by atoms with Gasteiger partial charge in [-0.3, -0.25) is 4.79 Å². The van der Waals surface area contributed by atoms with Crippen molar-refractivity contribution >= 4 is 23.9 Å². The Kier molecular flexibility index (Phi) is 9.27. The van der Waals surface area contributed by atoms with Gasteiger partial charge in [-0.2, -0.15) is 5.10 Å². The molecule has 0 saturated heterocycles. The van der Waals surface area contributed by atoms with Crippen LogP contribution in [0.3, 0.4) is 0 Å². The highest BCUT2D eigenvalue weighted by Crippen LogP contribution is 2.27. The van der Waals surface area contributed by atoms with E-state index in [4.69, 9.17) is 9.47 Å². The summed E-state index contributed by atoms with van der Waals surface area (Å²) in [6.45, 7) is 2.83. The van der Waals surface area contributed by atoms with E-state index >= 15 is 0 Å². The largest absolute Gasteiger partial charge is 0.493 e. The van der Waals surface area contributed by atoms with Crippen molar-refractivity contribution in [2.24, 2.45) is 5.10 Å². The van der Waals surface area contributed by atoms with Gasteiger partial charge in [0.25, 0.3) is 0 Å². The van der Waals surface area contributed by atoms with Crippen molar-refractivity contribution in [3.05, 3.63) is 54.1 Å². The summed E-state index contributed by atoms with van der Waals surface area (Å²) in [5.74, 6) is 1.54. The number of methoxy groups -OCH3 is 1. The van der Waals surface area contributed by atoms with Crippen molar-refractivity contribution in [1.82, 2.24) is 5.43 Å². The summed E-state index contributed by atoms with van der Waals surface area (Å²) < 4.78 is 11.1. The second kappa shape index (κ2) is 12.0. The average Bonchev–Trinajstić information content (AvgIpc) is 2.71. The summed E-state index contributed by atoms with van der Waals surface area (Å²) in [5.41, 5.74) is 3.36. The van der Waals surface area contributed by atoms with Crippen LogP contribution in [-0.4, -0.2) is 31.6 Å². The maximum absolute atomic E-state index is 11.9. The maximum Gasteiger partial charge on any atom is 0.250 e. The first kappa shape index (κ1) is 20.8. The summed E-state index contributed by atoms with van der Waals surface area (Å²) in [4.78, 5) is 12.9. The Balaban J connectivity index is 1.82. The summed E-state index contributed by atoms with van der Waals surface area (Å²) >= 11 is 1.47. The number of nitrogens with zero attached hydrogens (tertiary/aromatic N) is 1. The third-order valence-corrected chi connectivity index (χ3v) is 4.72. The van der Waals surface area contributed by atoms with E-state index in [2.05, 4.69) is 17.5 Å². The number of carbonyl (C=O) groups is 1. The van der Waals surface area contributed by atoms with Gasteiger partial charge in [-0.1, -0.05) is 38.0 Å². The molecule has 0 aliphatic heterocycles. The molecule has 0 aromatic heterocycles. The van der Waals surface area contributed by atoms with Crippen LogP contribution in [0, 0.1) is 0 Å². The van der Waals surface area contributed by atoms with Crippen molar-refractivity contribution in [3.63, 3.8) is 0 Å². The molecule has 27 heavy (non-hydrogen) atoms. The molecule has 1 amide bonds. The van der Waals surface area contributed by atoms with E-state index in [1.807, 2.05) is 48.5 Å². The molecule has 2 aromatic carbocycles. The Morgan fingerprint density at radius 3 is 2.70 bits per heavy atom. The van der Waals surface area contributed by atoms with Crippen molar-refractivity contribution < 1.29 is 14.3 Å². The standard InChI is InChI=1S/C21H26N2O3S/c1-3-4-8-13-26-19-12-11-17(14-20(19)25-2)15-22-23-21(24)16-27-18-9-6-5-7-10-18/h5-7,9-12,14-15H,3-4,8,13,16H2,1-2H3,(H,23,24)/b22-15-. The normalized spacial score (nSPS) is 10.7. The van der Waals surface area contributed by atoms with Crippen LogP contribution >= 0.6 is 11.8 Å². The smallest absolute Gasteiger partial charge is 0.250 e. The van der Waals surface area contributed by atoms with E-state index in [1.165, 1.54) is 11.8 Å². The zero-order valence-electron chi connectivity index (χ0n) is 15.8. The van der Waals surface area contributed by atoms with Gasteiger partial charge < -0.3 is 9.47 Å². The van der Waals surface area contributed by atoms with Crippen LogP contribution < -0.4 is 14.9 Å². The van der Waals surface area contributed by atoms with Crippen LogP contribution in [0.2, 0.25) is 0 Å². The number of amides is 1. The number of rotatable bonds is 11. The zero-order chi connectivity index (χ0) is 19.3. The first-order chi connectivity index (χ1) is 13.2. The molecule has 0 bridgehead atoms. The number of hydrogen-bond donors (Lipinski definition) is 1. The fourth-order valence-corrected chi connectivity index (χ4v) is 3.01. The highest BCUT2D eigenvalue weighted by molar-refractivity contribution is 8.00. The highest BCUT2D eigenvalue weighted by Gasteiger charge is 2.05. The molecule has 0 radical (unpaired) electrons. The predicted molar refractivity (Wildman–Crippen MR) is 111 cm³/mol. The summed E-state index contributed by atoms with van der Waals surface area (Å²) in [5, 5.41) is 4.01. The van der Waals surface area contributed by atoms with E-state index in [-0.39, 0.29) is 5.91 Å². The monoisotopic (exact) mass is 386 g/mol. The summed E-state index contributed by atoms with van der Waals surface area (Å²) in [7, 11) is 1.61. The van der Waals surface area contributed by atoms with Gasteiger partial charge in [0.05, 0.1) is 25.7 Å². The van der Waals surface area contributed by atoms with Gasteiger partial charge in [-0.25, -0.2) is 5.43 Å². The van der Waals surface area contributed by atoms with Crippen LogP contribution in [0.25, 0.3) is 0 Å². The molecule has 0 spiro atoms. The molecule has 144 valence electrons. The zero-order valence-corrected chi connectivity index (χ0v) is 16.6. The third kappa shape index (κ3) is 7.74. The lowest BCUT2D eigenvalue weighted by Gasteiger charge is -2.11. The van der Waals surface area contributed by atoms with Crippen molar-refractivity contribution in [3.8, 4) is 11.5 Å². The molecule has 0 aliphatic rings. The minimum atomic E-state index is -0.150. The molecule has 0 fully saturated rings. The second-order valence-corrected chi connectivity index (χ2v) is 6.91. The van der Waals surface area contributed by atoms with Crippen LogP contribution in [0.5, 0.6) is 11.5 Å². The summed E-state index contributed by atoms with van der Waals surface area (Å²) in [6, 6.07) is 15.4. The second-order valence-electron chi connectivity index (χ2n) is 5.86. The van der Waals surface area contributed by atoms with Gasteiger partial charge in [0.15, 0.2) is 11.5 Å². The third-order valence-electron chi connectivity index (χ3n) is 3.71. The number of benzene rings is 2. The number of carbonyl (C=O) groups excluding carboxylic acids is 1. The van der Waals surface area contributed by atoms with Crippen LogP contribution in [-0.2, 0) is 4.79 Å². The molecule has 0 saturated carbocycles. The highest BCUT2D eigenvalue weighted by atomic mass is 32.2. The SMILES string of the molecule is CCCCCOc1ccc(/C=N\NC(=O)CSc2ccccc2)cc1OC. The first-order valence-electron chi connectivity index (χ1n) is 9.03. The molecule has 0 heterocycles. The lowest BCUT2D eigenvalue weighted by molar-refractivity contribution is -0.118. The lowest BCUT2D eigenvalue weighted by atomic mass is 10.2. The van der Waals surface area contributed by atoms with Gasteiger partial charge >= 0.3 is 0 Å². The Labute approximate surface area is 165 Å². The number of unbranched alkanes of at least 4 members (excludes halogenated alkanes) is 2. The van der Waals surface area contributed by atoms with Crippen LogP contribution in [0.4, 0.5) is 0 Å². The molecule has 2 aromatic rings. The molecule has 0 aliphatic carbocycles. The number of thioether (sulfide) groups is 1. The lowest BCUT2D eigenvalue weighted by Crippen LogP contribution is -2.19. The molecule has 2 rings (SSSR count). The van der Waals surface area contributed by atoms with Crippen molar-refractivity contribution in [2.75, 3.05) is 19.5 Å². The van der Waals surface area contributed by atoms with Crippen molar-refractivity contribution in [2.45, 2.75) is 31.1 Å². The molecule has 0 unspecified atom stereocenters. The van der Waals surface area contributed by atoms with Gasteiger partial charge in [-0.05, 0) is 42.3 Å². The predicted octanol–water partition coefficient (Wildman–Crippen LogP) is 4.51. The minimum absolute atomic E-state index is 0.150. The molecule has 6 heteroatoms.